The molecule has 2 aromatic rings. The van der Waals surface area contributed by atoms with Crippen molar-refractivity contribution in [3.63, 3.8) is 0 Å². The number of benzene rings is 2. The van der Waals surface area contributed by atoms with E-state index in [2.05, 4.69) is 41.7 Å². The Bertz CT molecular complexity index is 682. The third-order valence-corrected chi connectivity index (χ3v) is 3.24. The summed E-state index contributed by atoms with van der Waals surface area (Å²) in [5.74, 6) is 0. The zero-order valence-electron chi connectivity index (χ0n) is 14.7. The average molecular weight is 322 g/mol. The molecule has 0 aliphatic carbocycles. The van der Waals surface area contributed by atoms with E-state index in [0.29, 0.717) is 0 Å². The predicted octanol–water partition coefficient (Wildman–Crippen LogP) is 5.44. The summed E-state index contributed by atoms with van der Waals surface area (Å²) in [6.07, 6.45) is 3.38. The lowest BCUT2D eigenvalue weighted by Gasteiger charge is -2.20. The fourth-order valence-corrected chi connectivity index (χ4v) is 2.14. The Labute approximate surface area is 144 Å². The number of amides is 1. The Kier molecular flexibility index (Phi) is 5.80. The van der Waals surface area contributed by atoms with Gasteiger partial charge in [0.1, 0.15) is 5.60 Å². The molecule has 24 heavy (non-hydrogen) atoms. The summed E-state index contributed by atoms with van der Waals surface area (Å²) in [5, 5.41) is 2.71. The monoisotopic (exact) mass is 322 g/mol. The molecule has 0 aromatic heterocycles. The van der Waals surface area contributed by atoms with Crippen LogP contribution in [0, 0.1) is 6.04 Å². The van der Waals surface area contributed by atoms with Gasteiger partial charge in [0.25, 0.3) is 0 Å². The fourth-order valence-electron chi connectivity index (χ4n) is 2.14. The number of ether oxygens (including phenoxy) is 1. The molecule has 0 aliphatic heterocycles. The van der Waals surface area contributed by atoms with E-state index in [1.807, 2.05) is 58.0 Å². The Morgan fingerprint density at radius 1 is 0.958 bits per heavy atom. The van der Waals surface area contributed by atoms with Gasteiger partial charge in [0, 0.05) is 0 Å². The van der Waals surface area contributed by atoms with Crippen molar-refractivity contribution >= 4 is 12.2 Å². The van der Waals surface area contributed by atoms with Gasteiger partial charge in [0.05, 0.1) is 6.04 Å². The second-order valence-electron chi connectivity index (χ2n) is 6.63. The Morgan fingerprint density at radius 2 is 1.54 bits per heavy atom. The van der Waals surface area contributed by atoms with Gasteiger partial charge in [-0.15, -0.1) is 0 Å². The highest BCUT2D eigenvalue weighted by Gasteiger charge is 2.16. The van der Waals surface area contributed by atoms with Crippen LogP contribution in [0.3, 0.4) is 0 Å². The molecule has 0 aliphatic rings. The third kappa shape index (κ3) is 5.92. The van der Waals surface area contributed by atoms with Gasteiger partial charge in [-0.1, -0.05) is 66.7 Å². The number of rotatable bonds is 4. The second kappa shape index (κ2) is 7.82. The number of carbonyl (C=O) groups excluding carboxylic acids is 1. The topological polar surface area (TPSA) is 38.3 Å². The molecule has 2 rings (SSSR count). The van der Waals surface area contributed by atoms with Gasteiger partial charge in [0.2, 0.25) is 0 Å². The zero-order chi connectivity index (χ0) is 17.6. The van der Waals surface area contributed by atoms with Crippen LogP contribution < -0.4 is 5.32 Å². The minimum absolute atomic E-state index is 0.441. The van der Waals surface area contributed by atoms with E-state index >= 15 is 0 Å². The van der Waals surface area contributed by atoms with Crippen molar-refractivity contribution < 1.29 is 9.53 Å². The number of hydrogen-bond donors (Lipinski definition) is 1. The van der Waals surface area contributed by atoms with Crippen LogP contribution in [0.15, 0.2) is 60.7 Å². The molecule has 0 heterocycles. The number of carbonyl (C=O) groups is 1. The molecule has 0 unspecified atom stereocenters. The molecule has 2 aromatic carbocycles. The molecule has 1 amide bonds. The average Bonchev–Trinajstić information content (AvgIpc) is 2.52. The summed E-state index contributed by atoms with van der Waals surface area (Å²) in [6, 6.07) is 19.3. The normalized spacial score (nSPS) is 11.7. The molecule has 125 valence electrons. The minimum Gasteiger partial charge on any atom is -0.444 e. The van der Waals surface area contributed by atoms with Gasteiger partial charge in [0.15, 0.2) is 0 Å². The quantitative estimate of drug-likeness (QED) is 0.813. The number of alkyl carbamates (subject to hydrolysis) is 1. The highest BCUT2D eigenvalue weighted by molar-refractivity contribution is 5.70. The standard InChI is InChI=1S/C21H24NO2/c1-16(22-20(23)24-21(2,3)4)10-11-17-12-14-19(15-13-17)18-8-6-5-7-9-18/h5-15H,1-4H3,(H,22,23)/b11-10+. The van der Waals surface area contributed by atoms with E-state index in [-0.39, 0.29) is 0 Å². The first-order valence-corrected chi connectivity index (χ1v) is 8.01. The van der Waals surface area contributed by atoms with Crippen LogP contribution >= 0.6 is 0 Å². The lowest BCUT2D eigenvalue weighted by Crippen LogP contribution is -2.33. The molecule has 1 radical (unpaired) electrons. The van der Waals surface area contributed by atoms with E-state index in [1.54, 1.807) is 0 Å². The second-order valence-corrected chi connectivity index (χ2v) is 6.63. The van der Waals surface area contributed by atoms with Crippen LogP contribution in [-0.2, 0) is 4.74 Å². The van der Waals surface area contributed by atoms with Crippen molar-refractivity contribution in [2.75, 3.05) is 0 Å². The summed E-state index contributed by atoms with van der Waals surface area (Å²) in [7, 11) is 0. The summed E-state index contributed by atoms with van der Waals surface area (Å²) in [6.45, 7) is 7.35. The van der Waals surface area contributed by atoms with Gasteiger partial charge >= 0.3 is 6.09 Å². The zero-order valence-corrected chi connectivity index (χ0v) is 14.7. The molecule has 0 saturated carbocycles. The van der Waals surface area contributed by atoms with Gasteiger partial charge in [-0.25, -0.2) is 4.79 Å². The molecule has 0 saturated heterocycles. The molecule has 3 nitrogen and oxygen atoms in total. The molecule has 0 bridgehead atoms. The van der Waals surface area contributed by atoms with E-state index in [1.165, 1.54) is 11.1 Å². The van der Waals surface area contributed by atoms with Crippen molar-refractivity contribution in [2.45, 2.75) is 33.3 Å². The van der Waals surface area contributed by atoms with Crippen LogP contribution in [0.5, 0.6) is 0 Å². The lowest BCUT2D eigenvalue weighted by atomic mass is 10.0. The maximum Gasteiger partial charge on any atom is 0.408 e. The Hall–Kier alpha value is -2.55. The van der Waals surface area contributed by atoms with E-state index in [9.17, 15) is 4.79 Å². The highest BCUT2D eigenvalue weighted by Crippen LogP contribution is 2.20. The van der Waals surface area contributed by atoms with Crippen LogP contribution in [-0.4, -0.2) is 11.7 Å². The van der Waals surface area contributed by atoms with Crippen molar-refractivity contribution in [3.05, 3.63) is 72.3 Å². The molecule has 0 spiro atoms. The fraction of sp³-hybridized carbons (Fsp3) is 0.238. The molecular weight excluding hydrogens is 298 g/mol. The lowest BCUT2D eigenvalue weighted by molar-refractivity contribution is 0.0537. The van der Waals surface area contributed by atoms with Crippen LogP contribution in [0.25, 0.3) is 17.2 Å². The summed E-state index contributed by atoms with van der Waals surface area (Å²) >= 11 is 0. The minimum atomic E-state index is -0.499. The highest BCUT2D eigenvalue weighted by atomic mass is 16.6. The van der Waals surface area contributed by atoms with E-state index in [0.717, 1.165) is 11.6 Å². The van der Waals surface area contributed by atoms with Crippen molar-refractivity contribution in [1.82, 2.24) is 5.32 Å². The number of hydrogen-bond acceptors (Lipinski definition) is 2. The first kappa shape index (κ1) is 17.8. The molecular formula is C21H24NO2. The molecule has 1 N–H and O–H groups in total. The van der Waals surface area contributed by atoms with Crippen molar-refractivity contribution in [3.8, 4) is 11.1 Å². The largest absolute Gasteiger partial charge is 0.444 e. The van der Waals surface area contributed by atoms with Crippen LogP contribution in [0.1, 0.15) is 33.3 Å². The smallest absolute Gasteiger partial charge is 0.408 e. The SMILES string of the molecule is C[C](/C=C/c1ccc(-c2ccccc2)cc1)NC(=O)OC(C)(C)C. The van der Waals surface area contributed by atoms with E-state index < -0.39 is 11.7 Å². The molecule has 0 atom stereocenters. The Balaban J connectivity index is 1.93. The van der Waals surface area contributed by atoms with Crippen molar-refractivity contribution in [2.24, 2.45) is 0 Å². The van der Waals surface area contributed by atoms with Gasteiger partial charge in [-0.3, -0.25) is 0 Å². The number of nitrogens with one attached hydrogen (secondary N) is 1. The maximum absolute atomic E-state index is 11.7. The Morgan fingerprint density at radius 3 is 2.12 bits per heavy atom. The third-order valence-electron chi connectivity index (χ3n) is 3.24. The summed E-state index contributed by atoms with van der Waals surface area (Å²) < 4.78 is 5.22. The maximum atomic E-state index is 11.7. The van der Waals surface area contributed by atoms with Gasteiger partial charge in [-0.2, -0.15) is 0 Å². The molecule has 3 heteroatoms. The van der Waals surface area contributed by atoms with Crippen LogP contribution in [0.4, 0.5) is 4.79 Å². The summed E-state index contributed by atoms with van der Waals surface area (Å²) in [4.78, 5) is 11.7. The first-order valence-electron chi connectivity index (χ1n) is 8.01. The van der Waals surface area contributed by atoms with Gasteiger partial charge in [-0.05, 0) is 44.4 Å². The van der Waals surface area contributed by atoms with Crippen LogP contribution in [0.2, 0.25) is 0 Å². The predicted molar refractivity (Wildman–Crippen MR) is 99.2 cm³/mol. The molecule has 0 fully saturated rings. The van der Waals surface area contributed by atoms with Gasteiger partial charge < -0.3 is 10.1 Å². The van der Waals surface area contributed by atoms with E-state index in [4.69, 9.17) is 4.74 Å². The first-order chi connectivity index (χ1) is 11.3. The van der Waals surface area contributed by atoms with Crippen molar-refractivity contribution in [1.29, 1.82) is 0 Å². The summed E-state index contributed by atoms with van der Waals surface area (Å²) in [5.41, 5.74) is 2.95.